The van der Waals surface area contributed by atoms with Crippen molar-refractivity contribution in [1.82, 2.24) is 5.32 Å². The van der Waals surface area contributed by atoms with E-state index in [0.717, 1.165) is 11.3 Å². The largest absolute Gasteiger partial charge is 0.494 e. The second kappa shape index (κ2) is 9.50. The van der Waals surface area contributed by atoms with E-state index in [2.05, 4.69) is 10.1 Å². The zero-order valence-corrected chi connectivity index (χ0v) is 13.1. The third-order valence-corrected chi connectivity index (χ3v) is 3.20. The zero-order chi connectivity index (χ0) is 17.2. The molecule has 0 aliphatic heterocycles. The number of hydrogen-bond acceptors (Lipinski definition) is 3. The minimum atomic E-state index is -2.84. The van der Waals surface area contributed by atoms with E-state index in [0.29, 0.717) is 26.0 Å². The normalized spacial score (nSPS) is 10.5. The molecule has 0 radical (unpaired) electrons. The molecule has 0 spiro atoms. The predicted molar refractivity (Wildman–Crippen MR) is 86.1 cm³/mol. The van der Waals surface area contributed by atoms with Crippen LogP contribution in [0.4, 0.5) is 8.78 Å². The van der Waals surface area contributed by atoms with Crippen molar-refractivity contribution in [3.8, 4) is 11.5 Å². The third-order valence-electron chi connectivity index (χ3n) is 3.20. The molecule has 0 bridgehead atoms. The first-order chi connectivity index (χ1) is 11.6. The van der Waals surface area contributed by atoms with E-state index in [1.54, 1.807) is 12.1 Å². The molecule has 0 atom stereocenters. The van der Waals surface area contributed by atoms with E-state index >= 15 is 0 Å². The molecule has 2 aromatic rings. The summed E-state index contributed by atoms with van der Waals surface area (Å²) in [6, 6.07) is 15.6. The van der Waals surface area contributed by atoms with Gasteiger partial charge in [-0.25, -0.2) is 0 Å². The lowest BCUT2D eigenvalue weighted by Gasteiger charge is -2.08. The highest BCUT2D eigenvalue weighted by Gasteiger charge is 2.05. The number of rotatable bonds is 9. The lowest BCUT2D eigenvalue weighted by atomic mass is 10.2. The number of para-hydroxylation sites is 1. The van der Waals surface area contributed by atoms with Crippen LogP contribution in [-0.2, 0) is 11.3 Å². The SMILES string of the molecule is O=C(CCCOc1ccccc1)NCc1ccc(OC(F)F)cc1. The molecule has 2 rings (SSSR count). The molecule has 1 amide bonds. The molecule has 0 saturated carbocycles. The van der Waals surface area contributed by atoms with Crippen molar-refractivity contribution in [2.24, 2.45) is 0 Å². The minimum absolute atomic E-state index is 0.0837. The Morgan fingerprint density at radius 1 is 1.00 bits per heavy atom. The molecule has 2 aromatic carbocycles. The molecule has 0 fully saturated rings. The summed E-state index contributed by atoms with van der Waals surface area (Å²) < 4.78 is 33.9. The molecule has 0 aliphatic rings. The van der Waals surface area contributed by atoms with E-state index < -0.39 is 6.61 Å². The second-order valence-corrected chi connectivity index (χ2v) is 5.06. The molecule has 24 heavy (non-hydrogen) atoms. The summed E-state index contributed by atoms with van der Waals surface area (Å²) in [5.41, 5.74) is 0.811. The van der Waals surface area contributed by atoms with Crippen LogP contribution in [-0.4, -0.2) is 19.1 Å². The number of amides is 1. The molecule has 0 heterocycles. The van der Waals surface area contributed by atoms with Gasteiger partial charge in [-0.05, 0) is 36.2 Å². The number of alkyl halides is 2. The Morgan fingerprint density at radius 3 is 2.38 bits per heavy atom. The molecular weight excluding hydrogens is 316 g/mol. The summed E-state index contributed by atoms with van der Waals surface area (Å²) >= 11 is 0. The van der Waals surface area contributed by atoms with Gasteiger partial charge in [0.2, 0.25) is 5.91 Å². The van der Waals surface area contributed by atoms with Crippen molar-refractivity contribution in [3.63, 3.8) is 0 Å². The molecule has 0 aromatic heterocycles. The van der Waals surface area contributed by atoms with Crippen LogP contribution in [0.25, 0.3) is 0 Å². The standard InChI is InChI=1S/C18H19F2NO3/c19-18(20)24-16-10-8-14(9-11-16)13-21-17(22)7-4-12-23-15-5-2-1-3-6-15/h1-3,5-6,8-11,18H,4,7,12-13H2,(H,21,22). The molecule has 128 valence electrons. The van der Waals surface area contributed by atoms with Crippen LogP contribution in [0.2, 0.25) is 0 Å². The highest BCUT2D eigenvalue weighted by molar-refractivity contribution is 5.75. The summed E-state index contributed by atoms with van der Waals surface area (Å²) in [5.74, 6) is 0.793. The van der Waals surface area contributed by atoms with E-state index in [1.807, 2.05) is 30.3 Å². The van der Waals surface area contributed by atoms with Gasteiger partial charge in [-0.2, -0.15) is 8.78 Å². The first kappa shape index (κ1) is 17.7. The number of benzene rings is 2. The van der Waals surface area contributed by atoms with Gasteiger partial charge >= 0.3 is 6.61 Å². The fourth-order valence-electron chi connectivity index (χ4n) is 2.02. The molecule has 0 aliphatic carbocycles. The Morgan fingerprint density at radius 2 is 1.71 bits per heavy atom. The lowest BCUT2D eigenvalue weighted by Crippen LogP contribution is -2.22. The average molecular weight is 335 g/mol. The van der Waals surface area contributed by atoms with Crippen LogP contribution >= 0.6 is 0 Å². The Hall–Kier alpha value is -2.63. The molecule has 4 nitrogen and oxygen atoms in total. The van der Waals surface area contributed by atoms with Gasteiger partial charge in [-0.1, -0.05) is 30.3 Å². The molecular formula is C18H19F2NO3. The maximum absolute atomic E-state index is 12.0. The maximum atomic E-state index is 12.0. The van der Waals surface area contributed by atoms with Gasteiger partial charge in [0.1, 0.15) is 11.5 Å². The fourth-order valence-corrected chi connectivity index (χ4v) is 2.02. The summed E-state index contributed by atoms with van der Waals surface area (Å²) in [6.07, 6.45) is 0.974. The van der Waals surface area contributed by atoms with Gasteiger partial charge in [0.05, 0.1) is 6.61 Å². The van der Waals surface area contributed by atoms with Crippen molar-refractivity contribution < 1.29 is 23.0 Å². The number of carbonyl (C=O) groups is 1. The van der Waals surface area contributed by atoms with Crippen LogP contribution in [0.3, 0.4) is 0 Å². The van der Waals surface area contributed by atoms with Crippen molar-refractivity contribution in [3.05, 3.63) is 60.2 Å². The van der Waals surface area contributed by atoms with Gasteiger partial charge in [0, 0.05) is 13.0 Å². The van der Waals surface area contributed by atoms with E-state index in [-0.39, 0.29) is 11.7 Å². The molecule has 6 heteroatoms. The van der Waals surface area contributed by atoms with Crippen LogP contribution in [0.15, 0.2) is 54.6 Å². The monoisotopic (exact) mass is 335 g/mol. The molecule has 0 saturated heterocycles. The summed E-state index contributed by atoms with van der Waals surface area (Å²) in [7, 11) is 0. The highest BCUT2D eigenvalue weighted by atomic mass is 19.3. The summed E-state index contributed by atoms with van der Waals surface area (Å²) in [6.45, 7) is -2.03. The van der Waals surface area contributed by atoms with Gasteiger partial charge in [-0.3, -0.25) is 4.79 Å². The van der Waals surface area contributed by atoms with Crippen LogP contribution in [0.5, 0.6) is 11.5 Å². The predicted octanol–water partition coefficient (Wildman–Crippen LogP) is 3.76. The smallest absolute Gasteiger partial charge is 0.387 e. The zero-order valence-electron chi connectivity index (χ0n) is 13.1. The van der Waals surface area contributed by atoms with Gasteiger partial charge in [0.15, 0.2) is 0 Å². The van der Waals surface area contributed by atoms with E-state index in [1.165, 1.54) is 12.1 Å². The first-order valence-electron chi connectivity index (χ1n) is 7.62. The summed E-state index contributed by atoms with van der Waals surface area (Å²) in [5, 5.41) is 2.77. The molecule has 1 N–H and O–H groups in total. The van der Waals surface area contributed by atoms with Gasteiger partial charge in [0.25, 0.3) is 0 Å². The van der Waals surface area contributed by atoms with Crippen molar-refractivity contribution in [2.75, 3.05) is 6.61 Å². The Balaban J connectivity index is 1.62. The Labute approximate surface area is 139 Å². The number of halogens is 2. The van der Waals surface area contributed by atoms with Gasteiger partial charge in [-0.15, -0.1) is 0 Å². The number of hydrogen-bond donors (Lipinski definition) is 1. The minimum Gasteiger partial charge on any atom is -0.494 e. The number of carbonyl (C=O) groups excluding carboxylic acids is 1. The Bertz CT molecular complexity index is 618. The van der Waals surface area contributed by atoms with Crippen LogP contribution in [0, 0.1) is 0 Å². The summed E-state index contributed by atoms with van der Waals surface area (Å²) in [4.78, 5) is 11.7. The van der Waals surface area contributed by atoms with Gasteiger partial charge < -0.3 is 14.8 Å². The average Bonchev–Trinajstić information content (AvgIpc) is 2.58. The van der Waals surface area contributed by atoms with Crippen molar-refractivity contribution >= 4 is 5.91 Å². The van der Waals surface area contributed by atoms with Crippen molar-refractivity contribution in [2.45, 2.75) is 26.0 Å². The first-order valence-corrected chi connectivity index (χ1v) is 7.62. The van der Waals surface area contributed by atoms with E-state index in [4.69, 9.17) is 4.74 Å². The topological polar surface area (TPSA) is 47.6 Å². The maximum Gasteiger partial charge on any atom is 0.387 e. The van der Waals surface area contributed by atoms with Crippen LogP contribution < -0.4 is 14.8 Å². The fraction of sp³-hybridized carbons (Fsp3) is 0.278. The Kier molecular flexibility index (Phi) is 7.01. The quantitative estimate of drug-likeness (QED) is 0.710. The third kappa shape index (κ3) is 6.64. The van der Waals surface area contributed by atoms with Crippen molar-refractivity contribution in [1.29, 1.82) is 0 Å². The van der Waals surface area contributed by atoms with Crippen LogP contribution in [0.1, 0.15) is 18.4 Å². The van der Waals surface area contributed by atoms with E-state index in [9.17, 15) is 13.6 Å². The number of ether oxygens (including phenoxy) is 2. The molecule has 0 unspecified atom stereocenters. The number of nitrogens with one attached hydrogen (secondary N) is 1. The highest BCUT2D eigenvalue weighted by Crippen LogP contribution is 2.14. The second-order valence-electron chi connectivity index (χ2n) is 5.06. The lowest BCUT2D eigenvalue weighted by molar-refractivity contribution is -0.121.